The van der Waals surface area contributed by atoms with Gasteiger partial charge in [0, 0.05) is 19.7 Å². The standard InChI is InChI=1S/C20H32N2O3/c1-4-18(25-19-8-6-5-7-15(19)2)13-21-20(24)22(3)17-11-9-16(14-23)10-12-17/h5-8,16-18,23H,4,9-14H2,1-3H3,(H,21,24). The predicted molar refractivity (Wildman–Crippen MR) is 99.9 cm³/mol. The average Bonchev–Trinajstić information content (AvgIpc) is 2.65. The summed E-state index contributed by atoms with van der Waals surface area (Å²) in [6, 6.07) is 8.16. The summed E-state index contributed by atoms with van der Waals surface area (Å²) in [5.41, 5.74) is 1.10. The first kappa shape index (κ1) is 19.6. The lowest BCUT2D eigenvalue weighted by molar-refractivity contribution is 0.130. The molecule has 5 heteroatoms. The first-order valence-electron chi connectivity index (χ1n) is 9.38. The molecule has 0 spiro atoms. The van der Waals surface area contributed by atoms with Crippen LogP contribution in [0.4, 0.5) is 4.79 Å². The molecule has 1 atom stereocenters. The summed E-state index contributed by atoms with van der Waals surface area (Å²) in [5.74, 6) is 1.28. The lowest BCUT2D eigenvalue weighted by atomic mass is 9.86. The Labute approximate surface area is 151 Å². The van der Waals surface area contributed by atoms with Crippen LogP contribution in [0.3, 0.4) is 0 Å². The summed E-state index contributed by atoms with van der Waals surface area (Å²) >= 11 is 0. The number of hydrogen-bond donors (Lipinski definition) is 2. The number of carbonyl (C=O) groups is 1. The number of benzene rings is 1. The first-order chi connectivity index (χ1) is 12.0. The van der Waals surface area contributed by atoms with Crippen LogP contribution in [0.15, 0.2) is 24.3 Å². The van der Waals surface area contributed by atoms with Gasteiger partial charge >= 0.3 is 6.03 Å². The van der Waals surface area contributed by atoms with E-state index < -0.39 is 0 Å². The molecule has 140 valence electrons. The Hall–Kier alpha value is -1.75. The lowest BCUT2D eigenvalue weighted by Gasteiger charge is -2.34. The van der Waals surface area contributed by atoms with Gasteiger partial charge in [-0.3, -0.25) is 0 Å². The number of hydrogen-bond acceptors (Lipinski definition) is 3. The number of aryl methyl sites for hydroxylation is 1. The van der Waals surface area contributed by atoms with Gasteiger partial charge in [-0.05, 0) is 56.6 Å². The second-order valence-electron chi connectivity index (χ2n) is 7.07. The minimum Gasteiger partial charge on any atom is -0.488 e. The van der Waals surface area contributed by atoms with Crippen LogP contribution in [0.25, 0.3) is 0 Å². The number of rotatable bonds is 7. The number of nitrogens with one attached hydrogen (secondary N) is 1. The minimum absolute atomic E-state index is 0.0384. The van der Waals surface area contributed by atoms with Crippen LogP contribution in [-0.2, 0) is 0 Å². The van der Waals surface area contributed by atoms with Crippen molar-refractivity contribution in [2.24, 2.45) is 5.92 Å². The maximum Gasteiger partial charge on any atom is 0.317 e. The first-order valence-corrected chi connectivity index (χ1v) is 9.38. The number of urea groups is 1. The molecule has 25 heavy (non-hydrogen) atoms. The molecule has 1 fully saturated rings. The number of para-hydroxylation sites is 1. The fraction of sp³-hybridized carbons (Fsp3) is 0.650. The number of ether oxygens (including phenoxy) is 1. The van der Waals surface area contributed by atoms with E-state index in [1.54, 1.807) is 0 Å². The number of aliphatic hydroxyl groups excluding tert-OH is 1. The van der Waals surface area contributed by atoms with E-state index in [0.717, 1.165) is 43.4 Å². The molecular formula is C20H32N2O3. The second-order valence-corrected chi connectivity index (χ2v) is 7.07. The van der Waals surface area contributed by atoms with Gasteiger partial charge in [0.05, 0.1) is 6.54 Å². The van der Waals surface area contributed by atoms with E-state index >= 15 is 0 Å². The van der Waals surface area contributed by atoms with Gasteiger partial charge in [-0.2, -0.15) is 0 Å². The van der Waals surface area contributed by atoms with Crippen molar-refractivity contribution in [1.29, 1.82) is 0 Å². The molecule has 0 aliphatic heterocycles. The van der Waals surface area contributed by atoms with Gasteiger partial charge in [-0.15, -0.1) is 0 Å². The minimum atomic E-state index is -0.0423. The molecule has 2 amide bonds. The van der Waals surface area contributed by atoms with E-state index in [1.165, 1.54) is 0 Å². The topological polar surface area (TPSA) is 61.8 Å². The van der Waals surface area contributed by atoms with Crippen molar-refractivity contribution in [3.8, 4) is 5.75 Å². The molecule has 0 heterocycles. The van der Waals surface area contributed by atoms with Gasteiger partial charge in [0.1, 0.15) is 11.9 Å². The normalized spacial score (nSPS) is 21.4. The summed E-state index contributed by atoms with van der Waals surface area (Å²) in [6.45, 7) is 4.85. The van der Waals surface area contributed by atoms with Crippen LogP contribution >= 0.6 is 0 Å². The molecule has 1 aliphatic rings. The largest absolute Gasteiger partial charge is 0.488 e. The number of aliphatic hydroxyl groups is 1. The highest BCUT2D eigenvalue weighted by Crippen LogP contribution is 2.26. The smallest absolute Gasteiger partial charge is 0.317 e. The van der Waals surface area contributed by atoms with Crippen molar-refractivity contribution < 1.29 is 14.6 Å². The highest BCUT2D eigenvalue weighted by Gasteiger charge is 2.26. The summed E-state index contributed by atoms with van der Waals surface area (Å²) in [7, 11) is 1.86. The van der Waals surface area contributed by atoms with Gasteiger partial charge < -0.3 is 20.1 Å². The third kappa shape index (κ3) is 5.63. The van der Waals surface area contributed by atoms with E-state index in [2.05, 4.69) is 12.2 Å². The third-order valence-corrected chi connectivity index (χ3v) is 5.27. The van der Waals surface area contributed by atoms with E-state index in [0.29, 0.717) is 12.5 Å². The van der Waals surface area contributed by atoms with Crippen LogP contribution in [0.1, 0.15) is 44.6 Å². The predicted octanol–water partition coefficient (Wildman–Crippen LogP) is 3.34. The molecule has 1 unspecified atom stereocenters. The molecule has 1 aromatic carbocycles. The summed E-state index contributed by atoms with van der Waals surface area (Å²) in [5, 5.41) is 12.2. The molecule has 1 aliphatic carbocycles. The molecule has 0 bridgehead atoms. The van der Waals surface area contributed by atoms with E-state index in [4.69, 9.17) is 4.74 Å². The van der Waals surface area contributed by atoms with E-state index in [-0.39, 0.29) is 24.8 Å². The fourth-order valence-corrected chi connectivity index (χ4v) is 3.34. The summed E-state index contributed by atoms with van der Waals surface area (Å²) < 4.78 is 6.04. The van der Waals surface area contributed by atoms with Crippen LogP contribution in [-0.4, -0.2) is 48.4 Å². The van der Waals surface area contributed by atoms with E-state index in [1.807, 2.05) is 43.1 Å². The Kier molecular flexibility index (Phi) is 7.56. The number of amides is 2. The Bertz CT molecular complexity index is 541. The Morgan fingerprint density at radius 2 is 2.00 bits per heavy atom. The van der Waals surface area contributed by atoms with Gasteiger partial charge in [0.2, 0.25) is 0 Å². The SMILES string of the molecule is CCC(CNC(=O)N(C)C1CCC(CO)CC1)Oc1ccccc1C. The molecule has 1 aromatic rings. The molecule has 5 nitrogen and oxygen atoms in total. The van der Waals surface area contributed by atoms with E-state index in [9.17, 15) is 9.90 Å². The zero-order valence-electron chi connectivity index (χ0n) is 15.7. The van der Waals surface area contributed by atoms with Crippen LogP contribution < -0.4 is 10.1 Å². The van der Waals surface area contributed by atoms with Crippen molar-refractivity contribution in [2.45, 2.75) is 58.1 Å². The van der Waals surface area contributed by atoms with Gasteiger partial charge in [-0.1, -0.05) is 25.1 Å². The number of nitrogens with zero attached hydrogens (tertiary/aromatic N) is 1. The molecule has 2 N–H and O–H groups in total. The monoisotopic (exact) mass is 348 g/mol. The molecule has 0 saturated heterocycles. The summed E-state index contributed by atoms with van der Waals surface area (Å²) in [4.78, 5) is 14.3. The number of carbonyl (C=O) groups excluding carboxylic acids is 1. The Morgan fingerprint density at radius 1 is 1.32 bits per heavy atom. The van der Waals surface area contributed by atoms with Gasteiger partial charge in [-0.25, -0.2) is 4.79 Å². The van der Waals surface area contributed by atoms with Crippen LogP contribution in [0, 0.1) is 12.8 Å². The van der Waals surface area contributed by atoms with Crippen molar-refractivity contribution in [2.75, 3.05) is 20.2 Å². The molecular weight excluding hydrogens is 316 g/mol. The second kappa shape index (κ2) is 9.66. The molecule has 0 radical (unpaired) electrons. The van der Waals surface area contributed by atoms with Crippen molar-refractivity contribution >= 4 is 6.03 Å². The Morgan fingerprint density at radius 3 is 2.60 bits per heavy atom. The Balaban J connectivity index is 1.80. The average molecular weight is 348 g/mol. The van der Waals surface area contributed by atoms with Crippen LogP contribution in [0.2, 0.25) is 0 Å². The maximum atomic E-state index is 12.4. The summed E-state index contributed by atoms with van der Waals surface area (Å²) in [6.07, 6.45) is 4.71. The molecule has 1 saturated carbocycles. The molecule has 0 aromatic heterocycles. The third-order valence-electron chi connectivity index (χ3n) is 5.27. The fourth-order valence-electron chi connectivity index (χ4n) is 3.34. The highest BCUT2D eigenvalue weighted by molar-refractivity contribution is 5.74. The van der Waals surface area contributed by atoms with Gasteiger partial charge in [0.15, 0.2) is 0 Å². The van der Waals surface area contributed by atoms with Crippen molar-refractivity contribution in [1.82, 2.24) is 10.2 Å². The zero-order chi connectivity index (χ0) is 18.2. The highest BCUT2D eigenvalue weighted by atomic mass is 16.5. The van der Waals surface area contributed by atoms with Crippen LogP contribution in [0.5, 0.6) is 5.75 Å². The lowest BCUT2D eigenvalue weighted by Crippen LogP contribution is -2.47. The quantitative estimate of drug-likeness (QED) is 0.794. The van der Waals surface area contributed by atoms with Gasteiger partial charge in [0.25, 0.3) is 0 Å². The van der Waals surface area contributed by atoms with Crippen molar-refractivity contribution in [3.63, 3.8) is 0 Å². The molecule has 2 rings (SSSR count). The maximum absolute atomic E-state index is 12.4. The zero-order valence-corrected chi connectivity index (χ0v) is 15.7. The van der Waals surface area contributed by atoms with Crippen molar-refractivity contribution in [3.05, 3.63) is 29.8 Å².